The van der Waals surface area contributed by atoms with E-state index in [2.05, 4.69) is 86.9 Å². The molecule has 0 heterocycles. The first-order valence-electron chi connectivity index (χ1n) is 6.77. The summed E-state index contributed by atoms with van der Waals surface area (Å²) in [6, 6.07) is 19.8. The summed E-state index contributed by atoms with van der Waals surface area (Å²) >= 11 is 0. The highest BCUT2D eigenvalue weighted by Gasteiger charge is 2.13. The molecule has 0 bridgehead atoms. The van der Waals surface area contributed by atoms with Crippen molar-refractivity contribution in [3.63, 3.8) is 0 Å². The Hall–Kier alpha value is -1.60. The van der Waals surface area contributed by atoms with Crippen molar-refractivity contribution in [2.24, 2.45) is 0 Å². The van der Waals surface area contributed by atoms with Crippen LogP contribution in [0.15, 0.2) is 54.6 Å². The van der Waals surface area contributed by atoms with E-state index in [4.69, 9.17) is 0 Å². The fraction of sp³-hybridized carbons (Fsp3) is 0.278. The van der Waals surface area contributed by atoms with Gasteiger partial charge in [-0.05, 0) is 38.6 Å². The van der Waals surface area contributed by atoms with Gasteiger partial charge in [-0.15, -0.1) is 0 Å². The number of likely N-dealkylation sites (N-methyl/N-ethyl adjacent to an activating group) is 1. The third kappa shape index (κ3) is 4.22. The summed E-state index contributed by atoms with van der Waals surface area (Å²) in [5.74, 6) is 0. The smallest absolute Gasteiger partial charge is 0.0205 e. The van der Waals surface area contributed by atoms with Crippen molar-refractivity contribution >= 4 is 0 Å². The Bertz CT molecular complexity index is 485. The van der Waals surface area contributed by atoms with Crippen molar-refractivity contribution in [1.29, 1.82) is 0 Å². The van der Waals surface area contributed by atoms with E-state index in [1.807, 2.05) is 0 Å². The van der Waals surface area contributed by atoms with Gasteiger partial charge in [0.25, 0.3) is 0 Å². The molecule has 0 saturated heterocycles. The van der Waals surface area contributed by atoms with E-state index in [-0.39, 0.29) is 0 Å². The van der Waals surface area contributed by atoms with E-state index in [1.54, 1.807) is 0 Å². The second-order valence-corrected chi connectivity index (χ2v) is 5.30. The van der Waals surface area contributed by atoms with Crippen LogP contribution in [0.4, 0.5) is 0 Å². The Morgan fingerprint density at radius 2 is 1.58 bits per heavy atom. The van der Waals surface area contributed by atoms with Gasteiger partial charge in [0, 0.05) is 12.5 Å². The monoisotopic (exact) mass is 252 g/mol. The first-order chi connectivity index (χ1) is 9.15. The molecular formula is C18H22N. The Labute approximate surface area is 116 Å². The van der Waals surface area contributed by atoms with Gasteiger partial charge >= 0.3 is 0 Å². The van der Waals surface area contributed by atoms with Crippen LogP contribution in [0.2, 0.25) is 0 Å². The van der Waals surface area contributed by atoms with Gasteiger partial charge in [-0.25, -0.2) is 0 Å². The standard InChI is InChI=1S/C18H22N/c1-15-9-11-17(12-10-15)14-18(19(2)3)13-16-7-5-4-6-8-16/h4-12,14,18H,13H2,1-3H3. The second kappa shape index (κ2) is 6.53. The van der Waals surface area contributed by atoms with Crippen LogP contribution in [-0.4, -0.2) is 25.0 Å². The largest absolute Gasteiger partial charge is 0.305 e. The summed E-state index contributed by atoms with van der Waals surface area (Å²) in [6.07, 6.45) is 3.38. The average Bonchev–Trinajstić information content (AvgIpc) is 2.41. The van der Waals surface area contributed by atoms with Gasteiger partial charge in [-0.3, -0.25) is 0 Å². The van der Waals surface area contributed by atoms with E-state index >= 15 is 0 Å². The predicted molar refractivity (Wildman–Crippen MR) is 82.2 cm³/mol. The minimum absolute atomic E-state index is 0.421. The Morgan fingerprint density at radius 1 is 0.947 bits per heavy atom. The van der Waals surface area contributed by atoms with E-state index in [0.717, 1.165) is 6.42 Å². The lowest BCUT2D eigenvalue weighted by atomic mass is 9.98. The van der Waals surface area contributed by atoms with Crippen LogP contribution in [0.5, 0.6) is 0 Å². The van der Waals surface area contributed by atoms with Crippen LogP contribution in [0.1, 0.15) is 16.7 Å². The molecule has 1 radical (unpaired) electrons. The highest BCUT2D eigenvalue weighted by atomic mass is 15.1. The Kier molecular flexibility index (Phi) is 4.75. The normalized spacial score (nSPS) is 12.6. The maximum atomic E-state index is 2.34. The van der Waals surface area contributed by atoms with Gasteiger partial charge < -0.3 is 4.90 Å². The van der Waals surface area contributed by atoms with Crippen molar-refractivity contribution in [3.8, 4) is 0 Å². The van der Waals surface area contributed by atoms with Gasteiger partial charge in [0.15, 0.2) is 0 Å². The molecule has 0 aliphatic heterocycles. The molecular weight excluding hydrogens is 230 g/mol. The molecule has 0 aliphatic carbocycles. The minimum atomic E-state index is 0.421. The molecule has 99 valence electrons. The fourth-order valence-electron chi connectivity index (χ4n) is 2.15. The van der Waals surface area contributed by atoms with Gasteiger partial charge in [0.05, 0.1) is 0 Å². The van der Waals surface area contributed by atoms with E-state index in [1.165, 1.54) is 16.7 Å². The van der Waals surface area contributed by atoms with Crippen molar-refractivity contribution in [2.45, 2.75) is 19.4 Å². The van der Waals surface area contributed by atoms with Gasteiger partial charge in [-0.2, -0.15) is 0 Å². The van der Waals surface area contributed by atoms with Crippen LogP contribution < -0.4 is 0 Å². The van der Waals surface area contributed by atoms with Crippen LogP contribution in [-0.2, 0) is 6.42 Å². The minimum Gasteiger partial charge on any atom is -0.305 e. The van der Waals surface area contributed by atoms with E-state index in [9.17, 15) is 0 Å². The quantitative estimate of drug-likeness (QED) is 0.784. The molecule has 2 aromatic rings. The highest BCUT2D eigenvalue weighted by Crippen LogP contribution is 2.15. The number of benzene rings is 2. The number of rotatable bonds is 5. The van der Waals surface area contributed by atoms with Crippen molar-refractivity contribution < 1.29 is 0 Å². The third-order valence-corrected chi connectivity index (χ3v) is 3.41. The summed E-state index contributed by atoms with van der Waals surface area (Å²) in [4.78, 5) is 2.27. The second-order valence-electron chi connectivity index (χ2n) is 5.30. The summed E-state index contributed by atoms with van der Waals surface area (Å²) in [6.45, 7) is 2.12. The van der Waals surface area contributed by atoms with Gasteiger partial charge in [0.1, 0.15) is 0 Å². The van der Waals surface area contributed by atoms with Crippen LogP contribution in [0.3, 0.4) is 0 Å². The molecule has 0 N–H and O–H groups in total. The third-order valence-electron chi connectivity index (χ3n) is 3.41. The van der Waals surface area contributed by atoms with E-state index < -0.39 is 0 Å². The molecule has 1 nitrogen and oxygen atoms in total. The molecule has 2 rings (SSSR count). The van der Waals surface area contributed by atoms with Gasteiger partial charge in [0.2, 0.25) is 0 Å². The fourth-order valence-corrected chi connectivity index (χ4v) is 2.15. The predicted octanol–water partition coefficient (Wildman–Crippen LogP) is 3.72. The molecule has 1 unspecified atom stereocenters. The summed E-state index contributed by atoms with van der Waals surface area (Å²) in [5.41, 5.74) is 3.98. The molecule has 19 heavy (non-hydrogen) atoms. The maximum Gasteiger partial charge on any atom is 0.0205 e. The Balaban J connectivity index is 2.06. The number of hydrogen-bond donors (Lipinski definition) is 0. The van der Waals surface area contributed by atoms with Gasteiger partial charge in [-0.1, -0.05) is 60.2 Å². The zero-order valence-corrected chi connectivity index (χ0v) is 12.0. The van der Waals surface area contributed by atoms with Crippen molar-refractivity contribution in [1.82, 2.24) is 4.90 Å². The number of aryl methyl sites for hydroxylation is 1. The summed E-state index contributed by atoms with van der Waals surface area (Å²) in [7, 11) is 4.27. The van der Waals surface area contributed by atoms with Crippen LogP contribution in [0, 0.1) is 13.3 Å². The topological polar surface area (TPSA) is 3.24 Å². The van der Waals surface area contributed by atoms with Crippen LogP contribution >= 0.6 is 0 Å². The molecule has 0 spiro atoms. The SMILES string of the molecule is Cc1ccc([CH]C(Cc2ccccc2)N(C)C)cc1. The average molecular weight is 252 g/mol. The van der Waals surface area contributed by atoms with Crippen molar-refractivity contribution in [2.75, 3.05) is 14.1 Å². The molecule has 0 fully saturated rings. The lowest BCUT2D eigenvalue weighted by molar-refractivity contribution is 0.328. The maximum absolute atomic E-state index is 2.34. The van der Waals surface area contributed by atoms with E-state index in [0.29, 0.717) is 6.04 Å². The molecule has 0 aromatic heterocycles. The first-order valence-corrected chi connectivity index (χ1v) is 6.77. The highest BCUT2D eigenvalue weighted by molar-refractivity contribution is 5.29. The molecule has 1 heteroatoms. The molecule has 2 aromatic carbocycles. The summed E-state index contributed by atoms with van der Waals surface area (Å²) < 4.78 is 0. The number of nitrogens with zero attached hydrogens (tertiary/aromatic N) is 1. The first kappa shape index (κ1) is 13.8. The zero-order valence-electron chi connectivity index (χ0n) is 12.0. The molecule has 1 atom stereocenters. The lowest BCUT2D eigenvalue weighted by Gasteiger charge is -2.24. The Morgan fingerprint density at radius 3 is 2.16 bits per heavy atom. The lowest BCUT2D eigenvalue weighted by Crippen LogP contribution is -2.30. The summed E-state index contributed by atoms with van der Waals surface area (Å²) in [5, 5.41) is 0. The number of hydrogen-bond acceptors (Lipinski definition) is 1. The van der Waals surface area contributed by atoms with Crippen LogP contribution in [0.25, 0.3) is 0 Å². The molecule has 0 aliphatic rings. The molecule has 0 saturated carbocycles. The van der Waals surface area contributed by atoms with Crippen molar-refractivity contribution in [3.05, 3.63) is 77.7 Å². The molecule has 0 amide bonds. The zero-order chi connectivity index (χ0) is 13.7.